The van der Waals surface area contributed by atoms with Gasteiger partial charge in [0.1, 0.15) is 10.8 Å². The minimum absolute atomic E-state index is 0.167. The van der Waals surface area contributed by atoms with E-state index in [1.165, 1.54) is 10.4 Å². The Bertz CT molecular complexity index is 539. The summed E-state index contributed by atoms with van der Waals surface area (Å²) < 4.78 is 1.02. The molecule has 0 saturated heterocycles. The highest BCUT2D eigenvalue weighted by Gasteiger charge is 2.12. The average Bonchev–Trinajstić information content (AvgIpc) is 2.83. The fourth-order valence-electron chi connectivity index (χ4n) is 1.59. The number of nitrogens with one attached hydrogen (secondary N) is 1. The van der Waals surface area contributed by atoms with Gasteiger partial charge in [0, 0.05) is 17.3 Å². The molecule has 96 valence electrons. The van der Waals surface area contributed by atoms with E-state index in [1.54, 1.807) is 11.3 Å². The Labute approximate surface area is 120 Å². The first kappa shape index (κ1) is 13.5. The van der Waals surface area contributed by atoms with Crippen LogP contribution in [0.1, 0.15) is 35.3 Å². The summed E-state index contributed by atoms with van der Waals surface area (Å²) in [5.74, 6) is 0.871. The lowest BCUT2D eigenvalue weighted by Crippen LogP contribution is -2.08. The van der Waals surface area contributed by atoms with Crippen molar-refractivity contribution in [2.75, 3.05) is 5.32 Å². The van der Waals surface area contributed by atoms with Crippen molar-refractivity contribution >= 4 is 33.1 Å². The van der Waals surface area contributed by atoms with E-state index in [0.29, 0.717) is 0 Å². The number of halogens is 1. The van der Waals surface area contributed by atoms with E-state index in [1.807, 2.05) is 18.5 Å². The second-order valence-electron chi connectivity index (χ2n) is 4.17. The highest BCUT2D eigenvalue weighted by atomic mass is 79.9. The van der Waals surface area contributed by atoms with E-state index < -0.39 is 0 Å². The molecule has 0 fully saturated rings. The standard InChI is InChI=1S/C13H16BrN3S/c1-4-10-7-16-13(18-10)9(3)17-12-11(14)8(2)5-6-15-12/h5-7,9H,4H2,1-3H3,(H,15,17). The van der Waals surface area contributed by atoms with E-state index in [2.05, 4.69) is 52.0 Å². The summed E-state index contributed by atoms with van der Waals surface area (Å²) in [6.07, 6.45) is 4.81. The van der Waals surface area contributed by atoms with Crippen LogP contribution in [0.25, 0.3) is 0 Å². The van der Waals surface area contributed by atoms with Crippen LogP contribution in [0.2, 0.25) is 0 Å². The van der Waals surface area contributed by atoms with Crippen LogP contribution in [0.4, 0.5) is 5.82 Å². The van der Waals surface area contributed by atoms with E-state index in [4.69, 9.17) is 0 Å². The van der Waals surface area contributed by atoms with E-state index >= 15 is 0 Å². The summed E-state index contributed by atoms with van der Waals surface area (Å²) >= 11 is 5.31. The normalized spacial score (nSPS) is 12.4. The largest absolute Gasteiger partial charge is 0.360 e. The molecule has 0 aromatic carbocycles. The minimum Gasteiger partial charge on any atom is -0.360 e. The molecule has 2 aromatic rings. The van der Waals surface area contributed by atoms with Crippen molar-refractivity contribution in [3.63, 3.8) is 0 Å². The van der Waals surface area contributed by atoms with Gasteiger partial charge < -0.3 is 5.32 Å². The van der Waals surface area contributed by atoms with Crippen molar-refractivity contribution in [1.82, 2.24) is 9.97 Å². The molecule has 0 amide bonds. The van der Waals surface area contributed by atoms with Crippen molar-refractivity contribution in [2.24, 2.45) is 0 Å². The van der Waals surface area contributed by atoms with Gasteiger partial charge in [-0.05, 0) is 47.8 Å². The summed E-state index contributed by atoms with van der Waals surface area (Å²) in [5.41, 5.74) is 1.17. The summed E-state index contributed by atoms with van der Waals surface area (Å²) in [5, 5.41) is 4.49. The molecule has 1 atom stereocenters. The SMILES string of the molecule is CCc1cnc(C(C)Nc2nccc(C)c2Br)s1. The van der Waals surface area contributed by atoms with Crippen LogP contribution in [0.5, 0.6) is 0 Å². The summed E-state index contributed by atoms with van der Waals surface area (Å²) in [4.78, 5) is 10.1. The summed E-state index contributed by atoms with van der Waals surface area (Å²) in [6, 6.07) is 2.15. The third-order valence-corrected chi connectivity index (χ3v) is 5.05. The monoisotopic (exact) mass is 325 g/mol. The first-order chi connectivity index (χ1) is 8.61. The zero-order valence-electron chi connectivity index (χ0n) is 10.7. The molecule has 2 rings (SSSR count). The maximum Gasteiger partial charge on any atom is 0.141 e. The molecule has 2 aromatic heterocycles. The number of hydrogen-bond acceptors (Lipinski definition) is 4. The third-order valence-electron chi connectivity index (χ3n) is 2.73. The molecule has 0 aliphatic heterocycles. The number of aromatic nitrogens is 2. The third kappa shape index (κ3) is 2.90. The first-order valence-electron chi connectivity index (χ1n) is 5.94. The lowest BCUT2D eigenvalue weighted by atomic mass is 10.3. The molecular formula is C13H16BrN3S. The fraction of sp³-hybridized carbons (Fsp3) is 0.385. The molecule has 0 spiro atoms. The first-order valence-corrected chi connectivity index (χ1v) is 7.55. The number of anilines is 1. The summed E-state index contributed by atoms with van der Waals surface area (Å²) in [6.45, 7) is 6.31. The Kier molecular flexibility index (Phi) is 4.35. The number of nitrogens with zero attached hydrogens (tertiary/aromatic N) is 2. The van der Waals surface area contributed by atoms with E-state index in [9.17, 15) is 0 Å². The molecular weight excluding hydrogens is 310 g/mol. The van der Waals surface area contributed by atoms with Crippen LogP contribution in [-0.4, -0.2) is 9.97 Å². The van der Waals surface area contributed by atoms with Gasteiger partial charge in [-0.1, -0.05) is 6.92 Å². The van der Waals surface area contributed by atoms with Crippen molar-refractivity contribution in [3.05, 3.63) is 38.4 Å². The van der Waals surface area contributed by atoms with Crippen molar-refractivity contribution in [3.8, 4) is 0 Å². The molecule has 3 nitrogen and oxygen atoms in total. The molecule has 0 aliphatic rings. The predicted molar refractivity (Wildman–Crippen MR) is 80.2 cm³/mol. The van der Waals surface area contributed by atoms with Gasteiger partial charge in [-0.25, -0.2) is 9.97 Å². The zero-order valence-corrected chi connectivity index (χ0v) is 13.1. The molecule has 1 unspecified atom stereocenters. The van der Waals surface area contributed by atoms with Gasteiger partial charge in [0.25, 0.3) is 0 Å². The number of rotatable bonds is 4. The van der Waals surface area contributed by atoms with Crippen LogP contribution in [0.3, 0.4) is 0 Å². The molecule has 18 heavy (non-hydrogen) atoms. The molecule has 0 bridgehead atoms. The predicted octanol–water partition coefficient (Wildman–Crippen LogP) is 4.34. The number of thiazole rings is 1. The van der Waals surface area contributed by atoms with Gasteiger partial charge in [-0.2, -0.15) is 0 Å². The number of aryl methyl sites for hydroxylation is 2. The highest BCUT2D eigenvalue weighted by molar-refractivity contribution is 9.10. The topological polar surface area (TPSA) is 37.8 Å². The lowest BCUT2D eigenvalue weighted by Gasteiger charge is -2.14. The van der Waals surface area contributed by atoms with Gasteiger partial charge in [0.15, 0.2) is 0 Å². The average molecular weight is 326 g/mol. The molecule has 2 heterocycles. The Morgan fingerprint density at radius 2 is 2.22 bits per heavy atom. The quantitative estimate of drug-likeness (QED) is 0.908. The van der Waals surface area contributed by atoms with Gasteiger partial charge in [0.2, 0.25) is 0 Å². The Hall–Kier alpha value is -0.940. The number of hydrogen-bond donors (Lipinski definition) is 1. The van der Waals surface area contributed by atoms with Crippen molar-refractivity contribution in [2.45, 2.75) is 33.2 Å². The van der Waals surface area contributed by atoms with Gasteiger partial charge in [0.05, 0.1) is 10.5 Å². The molecule has 0 saturated carbocycles. The Morgan fingerprint density at radius 1 is 1.44 bits per heavy atom. The van der Waals surface area contributed by atoms with Crippen molar-refractivity contribution < 1.29 is 0 Å². The van der Waals surface area contributed by atoms with E-state index in [0.717, 1.165) is 21.7 Å². The van der Waals surface area contributed by atoms with Gasteiger partial charge in [-0.3, -0.25) is 0 Å². The van der Waals surface area contributed by atoms with E-state index in [-0.39, 0.29) is 6.04 Å². The van der Waals surface area contributed by atoms with Gasteiger partial charge >= 0.3 is 0 Å². The van der Waals surface area contributed by atoms with Crippen LogP contribution in [0, 0.1) is 6.92 Å². The van der Waals surface area contributed by atoms with Crippen LogP contribution < -0.4 is 5.32 Å². The van der Waals surface area contributed by atoms with Crippen LogP contribution >= 0.6 is 27.3 Å². The smallest absolute Gasteiger partial charge is 0.141 e. The Morgan fingerprint density at radius 3 is 2.89 bits per heavy atom. The molecule has 5 heteroatoms. The van der Waals surface area contributed by atoms with Crippen LogP contribution in [0.15, 0.2) is 22.9 Å². The molecule has 0 aliphatic carbocycles. The number of pyridine rings is 1. The van der Waals surface area contributed by atoms with Crippen molar-refractivity contribution in [1.29, 1.82) is 0 Å². The maximum atomic E-state index is 4.45. The fourth-order valence-corrected chi connectivity index (χ4v) is 2.80. The van der Waals surface area contributed by atoms with Gasteiger partial charge in [-0.15, -0.1) is 11.3 Å². The maximum absolute atomic E-state index is 4.45. The highest BCUT2D eigenvalue weighted by Crippen LogP contribution is 2.28. The molecule has 0 radical (unpaired) electrons. The zero-order chi connectivity index (χ0) is 13.1. The Balaban J connectivity index is 2.15. The lowest BCUT2D eigenvalue weighted by molar-refractivity contribution is 0.858. The second kappa shape index (κ2) is 5.80. The summed E-state index contributed by atoms with van der Waals surface area (Å²) in [7, 11) is 0. The minimum atomic E-state index is 0.167. The van der Waals surface area contributed by atoms with Crippen LogP contribution in [-0.2, 0) is 6.42 Å². The second-order valence-corrected chi connectivity index (χ2v) is 6.11. The molecule has 1 N–H and O–H groups in total.